The maximum atomic E-state index is 11.2. The van der Waals surface area contributed by atoms with Crippen molar-refractivity contribution in [1.82, 2.24) is 10.1 Å². The van der Waals surface area contributed by atoms with Crippen LogP contribution in [0, 0.1) is 0 Å². The number of aromatic hydroxyl groups is 1. The zero-order valence-corrected chi connectivity index (χ0v) is 14.5. The highest BCUT2D eigenvalue weighted by Crippen LogP contribution is 2.40. The Balaban J connectivity index is 2.03. The first-order valence-electron chi connectivity index (χ1n) is 7.62. The first kappa shape index (κ1) is 17.1. The lowest BCUT2D eigenvalue weighted by Gasteiger charge is -2.07. The molecule has 0 spiro atoms. The fraction of sp³-hybridized carbons (Fsp3) is 0.176. The first-order chi connectivity index (χ1) is 11.8. The minimum absolute atomic E-state index is 0.0720. The van der Waals surface area contributed by atoms with Crippen LogP contribution < -0.4 is 5.14 Å². The third kappa shape index (κ3) is 3.40. The highest BCUT2D eigenvalue weighted by molar-refractivity contribution is 7.88. The molecule has 3 N–H and O–H groups in total. The van der Waals surface area contributed by atoms with E-state index >= 15 is 0 Å². The van der Waals surface area contributed by atoms with Crippen LogP contribution in [0.25, 0.3) is 10.9 Å². The van der Waals surface area contributed by atoms with E-state index < -0.39 is 10.0 Å². The van der Waals surface area contributed by atoms with Gasteiger partial charge in [-0.15, -0.1) is 10.3 Å². The zero-order chi connectivity index (χ0) is 18.2. The lowest BCUT2D eigenvalue weighted by atomic mass is 9.99. The van der Waals surface area contributed by atoms with E-state index in [0.29, 0.717) is 11.4 Å². The lowest BCUT2D eigenvalue weighted by molar-refractivity contribution is 0.459. The van der Waals surface area contributed by atoms with Crippen molar-refractivity contribution in [3.8, 4) is 5.88 Å². The highest BCUT2D eigenvalue weighted by atomic mass is 32.2. The van der Waals surface area contributed by atoms with Crippen molar-refractivity contribution in [1.29, 1.82) is 0 Å². The molecule has 0 saturated carbocycles. The number of aromatic amines is 1. The largest absolute Gasteiger partial charge is 0.493 e. The van der Waals surface area contributed by atoms with Crippen molar-refractivity contribution >= 4 is 32.3 Å². The van der Waals surface area contributed by atoms with Gasteiger partial charge in [0.15, 0.2) is 5.69 Å². The second-order valence-corrected chi connectivity index (χ2v) is 7.42. The fourth-order valence-corrected chi connectivity index (χ4v) is 3.12. The molecule has 2 aromatic carbocycles. The minimum Gasteiger partial charge on any atom is -0.493 e. The number of azo groups is 1. The van der Waals surface area contributed by atoms with Gasteiger partial charge in [-0.3, -0.25) is 0 Å². The second-order valence-electron chi connectivity index (χ2n) is 5.94. The molecule has 7 nitrogen and oxygen atoms in total. The summed E-state index contributed by atoms with van der Waals surface area (Å²) in [5.41, 5.74) is 2.58. The van der Waals surface area contributed by atoms with E-state index in [-0.39, 0.29) is 16.7 Å². The van der Waals surface area contributed by atoms with E-state index in [1.807, 2.05) is 18.2 Å². The third-order valence-corrected chi connectivity index (χ3v) is 4.74. The molecule has 25 heavy (non-hydrogen) atoms. The molecule has 0 aliphatic carbocycles. The molecule has 0 amide bonds. The summed E-state index contributed by atoms with van der Waals surface area (Å²) >= 11 is 0. The minimum atomic E-state index is -4.00. The van der Waals surface area contributed by atoms with Crippen molar-refractivity contribution in [2.24, 2.45) is 10.2 Å². The van der Waals surface area contributed by atoms with Crippen LogP contribution in [-0.2, 0) is 10.0 Å². The predicted octanol–water partition coefficient (Wildman–Crippen LogP) is 4.38. The Morgan fingerprint density at radius 2 is 1.76 bits per heavy atom. The van der Waals surface area contributed by atoms with E-state index in [1.165, 1.54) is 24.3 Å². The molecule has 1 radical (unpaired) electrons. The Morgan fingerprint density at radius 1 is 1.08 bits per heavy atom. The molecule has 0 fully saturated rings. The molecule has 3 rings (SSSR count). The number of rotatable bonds is 4. The number of aromatic nitrogens is 1. The number of nitrogens with one attached hydrogen (secondary N) is 2. The van der Waals surface area contributed by atoms with Crippen LogP contribution in [0.15, 0.2) is 57.6 Å². The Kier molecular flexibility index (Phi) is 4.32. The monoisotopic (exact) mass is 357 g/mol. The lowest BCUT2D eigenvalue weighted by Crippen LogP contribution is -1.99. The zero-order valence-electron chi connectivity index (χ0n) is 13.7. The number of sulfonamides is 1. The molecule has 0 bridgehead atoms. The van der Waals surface area contributed by atoms with Crippen LogP contribution in [0.5, 0.6) is 5.88 Å². The molecular weight excluding hydrogens is 340 g/mol. The first-order valence-corrected chi connectivity index (χ1v) is 9.10. The van der Waals surface area contributed by atoms with Gasteiger partial charge in [0.1, 0.15) is 0 Å². The summed E-state index contributed by atoms with van der Waals surface area (Å²) in [5, 5.41) is 26.2. The maximum Gasteiger partial charge on any atom is 0.254 e. The van der Waals surface area contributed by atoms with Gasteiger partial charge in [0.2, 0.25) is 5.88 Å². The van der Waals surface area contributed by atoms with Crippen LogP contribution >= 0.6 is 0 Å². The van der Waals surface area contributed by atoms with Gasteiger partial charge in [0, 0.05) is 5.39 Å². The number of H-pyrrole nitrogens is 1. The van der Waals surface area contributed by atoms with Crippen molar-refractivity contribution in [3.63, 3.8) is 0 Å². The Labute approximate surface area is 145 Å². The highest BCUT2D eigenvalue weighted by Gasteiger charge is 2.16. The van der Waals surface area contributed by atoms with E-state index in [1.54, 1.807) is 0 Å². The third-order valence-electron chi connectivity index (χ3n) is 3.85. The average Bonchev–Trinajstić information content (AvgIpc) is 2.87. The number of hydrogen-bond donors (Lipinski definition) is 2. The topological polar surface area (TPSA) is 119 Å². The number of hydrogen-bond acceptors (Lipinski definition) is 5. The van der Waals surface area contributed by atoms with E-state index in [0.717, 1.165) is 16.5 Å². The van der Waals surface area contributed by atoms with Gasteiger partial charge in [-0.25, -0.2) is 8.42 Å². The fourth-order valence-electron chi connectivity index (χ4n) is 2.62. The van der Waals surface area contributed by atoms with Crippen molar-refractivity contribution < 1.29 is 13.5 Å². The summed E-state index contributed by atoms with van der Waals surface area (Å²) in [4.78, 5) is 2.78. The van der Waals surface area contributed by atoms with E-state index in [2.05, 4.69) is 29.1 Å². The van der Waals surface area contributed by atoms with Crippen LogP contribution in [0.4, 0.5) is 11.4 Å². The Bertz CT molecular complexity index is 1050. The summed E-state index contributed by atoms with van der Waals surface area (Å²) in [6, 6.07) is 11.3. The molecule has 129 valence electrons. The average molecular weight is 357 g/mol. The molecule has 3 aromatic rings. The van der Waals surface area contributed by atoms with Crippen LogP contribution in [0.2, 0.25) is 0 Å². The summed E-state index contributed by atoms with van der Waals surface area (Å²) in [6.45, 7) is 4.11. The molecular formula is C17H17N4O3S. The molecule has 0 unspecified atom stereocenters. The van der Waals surface area contributed by atoms with Crippen LogP contribution in [-0.4, -0.2) is 18.5 Å². The second kappa shape index (κ2) is 6.30. The van der Waals surface area contributed by atoms with Gasteiger partial charge in [-0.05, 0) is 41.8 Å². The molecule has 0 atom stereocenters. The van der Waals surface area contributed by atoms with Crippen LogP contribution in [0.1, 0.15) is 25.3 Å². The van der Waals surface area contributed by atoms with Gasteiger partial charge >= 0.3 is 0 Å². The van der Waals surface area contributed by atoms with Crippen LogP contribution in [0.3, 0.4) is 0 Å². The van der Waals surface area contributed by atoms with Crippen molar-refractivity contribution in [2.75, 3.05) is 0 Å². The number of fused-ring (bicyclic) bond motifs is 1. The Morgan fingerprint density at radius 3 is 2.36 bits per heavy atom. The summed E-state index contributed by atoms with van der Waals surface area (Å²) in [7, 11) is -4.00. The molecule has 0 saturated heterocycles. The summed E-state index contributed by atoms with van der Waals surface area (Å²) in [5.74, 6) is 0.173. The molecule has 8 heteroatoms. The van der Waals surface area contributed by atoms with Gasteiger partial charge in [-0.2, -0.15) is 5.11 Å². The molecule has 0 aliphatic rings. The van der Waals surface area contributed by atoms with Crippen molar-refractivity contribution in [3.05, 3.63) is 48.0 Å². The smallest absolute Gasteiger partial charge is 0.254 e. The molecule has 0 aliphatic heterocycles. The maximum absolute atomic E-state index is 11.2. The molecule has 1 aromatic heterocycles. The number of nitrogens with zero attached hydrogens (tertiary/aromatic N) is 2. The van der Waals surface area contributed by atoms with Gasteiger partial charge in [0.25, 0.3) is 10.0 Å². The van der Waals surface area contributed by atoms with E-state index in [9.17, 15) is 13.5 Å². The number of benzene rings is 2. The SMILES string of the molecule is CC(C)c1cccc2[nH]c(O)c(N=Nc3ccc(S([NH])(=O)=O)cc3)c12. The molecule has 1 heterocycles. The van der Waals surface area contributed by atoms with Gasteiger partial charge in [-0.1, -0.05) is 26.0 Å². The quantitative estimate of drug-likeness (QED) is 0.674. The van der Waals surface area contributed by atoms with Gasteiger partial charge in [0.05, 0.1) is 16.1 Å². The summed E-state index contributed by atoms with van der Waals surface area (Å²) in [6.07, 6.45) is 0. The standard InChI is InChI=1S/C17H17N4O3S/c1-10(2)13-4-3-5-14-15(13)16(17(22)19-14)21-20-11-6-8-12(9-7-11)25(18,23)24/h3-10,18-19,22H,1-2H3. The van der Waals surface area contributed by atoms with Crippen molar-refractivity contribution in [2.45, 2.75) is 24.7 Å². The van der Waals surface area contributed by atoms with E-state index in [4.69, 9.17) is 5.14 Å². The van der Waals surface area contributed by atoms with Gasteiger partial charge < -0.3 is 10.1 Å². The Hall–Kier alpha value is -2.71. The summed E-state index contributed by atoms with van der Waals surface area (Å²) < 4.78 is 22.3. The predicted molar refractivity (Wildman–Crippen MR) is 95.0 cm³/mol. The normalized spacial score (nSPS) is 12.5.